The minimum atomic E-state index is 0. The summed E-state index contributed by atoms with van der Waals surface area (Å²) in [5.41, 5.74) is 10.3. The quantitative estimate of drug-likeness (QED) is 0.175. The average Bonchev–Trinajstić information content (AvgIpc) is 3.76. The zero-order valence-electron chi connectivity index (χ0n) is 27.6. The van der Waals surface area contributed by atoms with E-state index in [1.54, 1.807) is 6.07 Å². The first-order valence-corrected chi connectivity index (χ1v) is 16.9. The van der Waals surface area contributed by atoms with Gasteiger partial charge in [-0.2, -0.15) is 0 Å². The molecule has 0 fully saturated rings. The molecular weight excluding hydrogens is 822 g/mol. The molecule has 250 valence electrons. The number of phenolic OH excluding ortho intramolecular Hbond substituents is 1. The van der Waals surface area contributed by atoms with Crippen molar-refractivity contribution < 1.29 is 30.6 Å². The topological polar surface area (TPSA) is 64.1 Å². The summed E-state index contributed by atoms with van der Waals surface area (Å²) in [6.45, 7) is 0. The number of hydrogen-bond donors (Lipinski definition) is 1. The first kappa shape index (κ1) is 31.7. The maximum atomic E-state index is 11.0. The zero-order valence-corrected chi connectivity index (χ0v) is 29.9. The molecule has 0 aliphatic carbocycles. The van der Waals surface area contributed by atoms with Crippen LogP contribution >= 0.6 is 0 Å². The fourth-order valence-corrected chi connectivity index (χ4v) is 7.22. The van der Waals surface area contributed by atoms with Gasteiger partial charge in [0.1, 0.15) is 22.7 Å². The van der Waals surface area contributed by atoms with E-state index in [9.17, 15) is 5.11 Å². The number of imidazole rings is 1. The molecule has 0 unspecified atom stereocenters. The van der Waals surface area contributed by atoms with E-state index in [2.05, 4.69) is 108 Å². The maximum Gasteiger partial charge on any atom is 0.148 e. The van der Waals surface area contributed by atoms with Crippen LogP contribution < -0.4 is 0 Å². The molecule has 1 N–H and O–H groups in total. The first-order chi connectivity index (χ1) is 25.2. The molecule has 0 atom stereocenters. The van der Waals surface area contributed by atoms with Crippen LogP contribution in [0, 0.1) is 6.07 Å². The van der Waals surface area contributed by atoms with Crippen molar-refractivity contribution in [1.29, 1.82) is 0 Å². The van der Waals surface area contributed by atoms with E-state index < -0.39 is 0 Å². The Hall–Kier alpha value is -6.29. The fourth-order valence-electron chi connectivity index (χ4n) is 7.22. The van der Waals surface area contributed by atoms with E-state index >= 15 is 0 Å². The minimum absolute atomic E-state index is 0. The van der Waals surface area contributed by atoms with Crippen molar-refractivity contribution in [3.8, 4) is 56.3 Å². The number of aromatic nitrogens is 3. The van der Waals surface area contributed by atoms with Crippen molar-refractivity contribution in [3.05, 3.63) is 170 Å². The number of benzene rings is 7. The second kappa shape index (κ2) is 12.8. The number of furan rings is 1. The Labute approximate surface area is 313 Å². The fraction of sp³-hybridized carbons (Fsp3) is 0. The van der Waals surface area contributed by atoms with Gasteiger partial charge in [-0.3, -0.25) is 9.55 Å². The normalized spacial score (nSPS) is 11.4. The largest absolute Gasteiger partial charge is 0.507 e. The Morgan fingerprint density at radius 3 is 2.10 bits per heavy atom. The van der Waals surface area contributed by atoms with Crippen molar-refractivity contribution in [3.63, 3.8) is 0 Å². The summed E-state index contributed by atoms with van der Waals surface area (Å²) in [4.78, 5) is 10.2. The number of fused-ring (bicyclic) bond motifs is 5. The summed E-state index contributed by atoms with van der Waals surface area (Å²) in [7, 11) is 0. The molecule has 0 aliphatic heterocycles. The van der Waals surface area contributed by atoms with Gasteiger partial charge in [0.25, 0.3) is 0 Å². The van der Waals surface area contributed by atoms with Crippen LogP contribution in [-0.2, 0) is 21.1 Å². The van der Waals surface area contributed by atoms with Gasteiger partial charge in [-0.1, -0.05) is 114 Å². The average molecular weight is 850 g/mol. The summed E-state index contributed by atoms with van der Waals surface area (Å²) in [6.07, 6.45) is 1.85. The molecule has 5 nitrogen and oxygen atoms in total. The van der Waals surface area contributed by atoms with Gasteiger partial charge in [0, 0.05) is 49.4 Å². The van der Waals surface area contributed by atoms with E-state index in [0.29, 0.717) is 11.4 Å². The zero-order chi connectivity index (χ0) is 33.9. The Morgan fingerprint density at radius 2 is 1.29 bits per heavy atom. The number of hydrogen-bond acceptors (Lipinski definition) is 4. The first-order valence-electron chi connectivity index (χ1n) is 16.9. The monoisotopic (exact) mass is 849 g/mol. The van der Waals surface area contributed by atoms with Gasteiger partial charge >= 0.3 is 0 Å². The molecule has 0 aliphatic rings. The van der Waals surface area contributed by atoms with Crippen LogP contribution in [0.2, 0.25) is 0 Å². The molecule has 3 aromatic heterocycles. The Morgan fingerprint density at radius 1 is 0.596 bits per heavy atom. The predicted molar refractivity (Wildman–Crippen MR) is 206 cm³/mol. The number of rotatable bonds is 5. The summed E-state index contributed by atoms with van der Waals surface area (Å²) >= 11 is 0. The van der Waals surface area contributed by atoms with Crippen LogP contribution in [0.1, 0.15) is 0 Å². The van der Waals surface area contributed by atoms with Gasteiger partial charge in [-0.15, -0.1) is 23.8 Å². The molecule has 0 saturated carbocycles. The summed E-state index contributed by atoms with van der Waals surface area (Å²) < 4.78 is 8.72. The third kappa shape index (κ3) is 5.21. The maximum absolute atomic E-state index is 11.0. The number of phenols is 1. The molecule has 10 aromatic rings. The van der Waals surface area contributed by atoms with Gasteiger partial charge in [0.15, 0.2) is 0 Å². The van der Waals surface area contributed by atoms with E-state index in [0.717, 1.165) is 82.9 Å². The standard InChI is InChI=1S/C46H28N3O2.Pt/c50-41-21-10-9-18-38(41)46-48-44-36(19-11-20-40(44)49(46)35-16-5-2-6-17-35)33-24-32(29-12-3-1-4-13-29)25-34(26-33)43-45-37(22-23-47-43)39-27-30-14-7-8-15-31(30)28-42(39)51-45;/h1-25,27-28,50H;/q-1;. The van der Waals surface area contributed by atoms with Crippen LogP contribution in [0.25, 0.3) is 94.3 Å². The smallest absolute Gasteiger partial charge is 0.148 e. The minimum Gasteiger partial charge on any atom is -0.507 e. The Kier molecular flexibility index (Phi) is 7.79. The number of pyridine rings is 1. The summed E-state index contributed by atoms with van der Waals surface area (Å²) in [5.74, 6) is 0.826. The summed E-state index contributed by atoms with van der Waals surface area (Å²) in [6, 6.07) is 56.8. The summed E-state index contributed by atoms with van der Waals surface area (Å²) in [5, 5.41) is 15.3. The van der Waals surface area contributed by atoms with Crippen molar-refractivity contribution in [2.75, 3.05) is 0 Å². The molecule has 7 aromatic carbocycles. The number of nitrogens with zero attached hydrogens (tertiary/aromatic N) is 3. The Bertz CT molecular complexity index is 2930. The van der Waals surface area contributed by atoms with Gasteiger partial charge in [0.05, 0.1) is 16.6 Å². The van der Waals surface area contributed by atoms with Crippen molar-refractivity contribution in [2.45, 2.75) is 0 Å². The molecule has 52 heavy (non-hydrogen) atoms. The third-order valence-corrected chi connectivity index (χ3v) is 9.62. The van der Waals surface area contributed by atoms with E-state index in [1.165, 1.54) is 0 Å². The van der Waals surface area contributed by atoms with Gasteiger partial charge in [0.2, 0.25) is 0 Å². The van der Waals surface area contributed by atoms with Crippen LogP contribution in [0.4, 0.5) is 0 Å². The Balaban J connectivity index is 0.00000360. The second-order valence-electron chi connectivity index (χ2n) is 12.7. The van der Waals surface area contributed by atoms with Crippen LogP contribution in [0.5, 0.6) is 5.75 Å². The molecule has 3 heterocycles. The van der Waals surface area contributed by atoms with E-state index in [4.69, 9.17) is 14.4 Å². The van der Waals surface area contributed by atoms with Gasteiger partial charge in [-0.25, -0.2) is 4.98 Å². The molecule has 10 rings (SSSR count). The van der Waals surface area contributed by atoms with E-state index in [1.807, 2.05) is 60.8 Å². The molecule has 6 heteroatoms. The number of para-hydroxylation sites is 3. The van der Waals surface area contributed by atoms with Crippen molar-refractivity contribution >= 4 is 43.7 Å². The molecule has 0 radical (unpaired) electrons. The van der Waals surface area contributed by atoms with Crippen LogP contribution in [0.3, 0.4) is 0 Å². The van der Waals surface area contributed by atoms with Crippen molar-refractivity contribution in [1.82, 2.24) is 14.5 Å². The van der Waals surface area contributed by atoms with Crippen LogP contribution in [-0.4, -0.2) is 19.6 Å². The molecule has 0 bridgehead atoms. The molecule has 0 saturated heterocycles. The molecular formula is C46H28N3O2Pt-. The van der Waals surface area contributed by atoms with Crippen LogP contribution in [0.15, 0.2) is 168 Å². The third-order valence-electron chi connectivity index (χ3n) is 9.62. The van der Waals surface area contributed by atoms with E-state index in [-0.39, 0.29) is 26.8 Å². The van der Waals surface area contributed by atoms with Gasteiger partial charge in [-0.05, 0) is 64.9 Å². The predicted octanol–water partition coefficient (Wildman–Crippen LogP) is 11.6. The second-order valence-corrected chi connectivity index (χ2v) is 12.7. The molecule has 0 spiro atoms. The van der Waals surface area contributed by atoms with Gasteiger partial charge < -0.3 is 9.52 Å². The van der Waals surface area contributed by atoms with Crippen molar-refractivity contribution in [2.24, 2.45) is 0 Å². The molecule has 0 amide bonds. The number of aromatic hydroxyl groups is 1. The SMILES string of the molecule is Oc1ccccc1-c1nc2c(-c3[c-]c(-c4nccc5c4oc4cc6ccccc6cc45)cc(-c4ccccc4)c3)cccc2n1-c1ccccc1.[Pt].